The number of halogens is 1. The highest BCUT2D eigenvalue weighted by Gasteiger charge is 2.21. The van der Waals surface area contributed by atoms with E-state index in [1.54, 1.807) is 12.1 Å². The van der Waals surface area contributed by atoms with Gasteiger partial charge >= 0.3 is 11.9 Å². The third-order valence-electron chi connectivity index (χ3n) is 4.07. The van der Waals surface area contributed by atoms with E-state index in [0.717, 1.165) is 31.7 Å². The Morgan fingerprint density at radius 3 is 2.30 bits per heavy atom. The van der Waals surface area contributed by atoms with E-state index in [1.807, 2.05) is 6.07 Å². The molecule has 0 atom stereocenters. The second-order valence-corrected chi connectivity index (χ2v) is 6.94. The molecule has 7 heteroatoms. The van der Waals surface area contributed by atoms with Gasteiger partial charge in [0.25, 0.3) is 0 Å². The maximum absolute atomic E-state index is 13.3. The SMILES string of the molecule is CC(C)CN(Cc1cccc(F)c1)C1CCNCC1.O=C(O)/C=C/C(=O)O. The fourth-order valence-corrected chi connectivity index (χ4v) is 3.00. The minimum absolute atomic E-state index is 0.132. The highest BCUT2D eigenvalue weighted by molar-refractivity contribution is 5.89. The van der Waals surface area contributed by atoms with Crippen LogP contribution in [0.25, 0.3) is 0 Å². The monoisotopic (exact) mass is 380 g/mol. The van der Waals surface area contributed by atoms with Crippen LogP contribution in [0.4, 0.5) is 4.39 Å². The molecule has 0 aliphatic carbocycles. The van der Waals surface area contributed by atoms with E-state index in [4.69, 9.17) is 10.2 Å². The Hall–Kier alpha value is -2.25. The van der Waals surface area contributed by atoms with Crippen LogP contribution in [0, 0.1) is 11.7 Å². The summed E-state index contributed by atoms with van der Waals surface area (Å²) in [6.07, 6.45) is 3.51. The Morgan fingerprint density at radius 2 is 1.81 bits per heavy atom. The molecule has 0 aromatic heterocycles. The summed E-state index contributed by atoms with van der Waals surface area (Å²) in [5.74, 6) is -2.00. The smallest absolute Gasteiger partial charge is 0.328 e. The molecule has 0 saturated carbocycles. The fourth-order valence-electron chi connectivity index (χ4n) is 3.00. The largest absolute Gasteiger partial charge is 0.478 e. The number of aliphatic carboxylic acids is 2. The van der Waals surface area contributed by atoms with Crippen LogP contribution < -0.4 is 5.32 Å². The molecule has 27 heavy (non-hydrogen) atoms. The average molecular weight is 380 g/mol. The van der Waals surface area contributed by atoms with E-state index >= 15 is 0 Å². The highest BCUT2D eigenvalue weighted by Crippen LogP contribution is 2.18. The normalized spacial score (nSPS) is 15.0. The van der Waals surface area contributed by atoms with Gasteiger partial charge in [-0.05, 0) is 49.5 Å². The van der Waals surface area contributed by atoms with E-state index in [2.05, 4.69) is 24.1 Å². The maximum atomic E-state index is 13.3. The van der Waals surface area contributed by atoms with Crippen molar-refractivity contribution in [3.05, 3.63) is 47.8 Å². The van der Waals surface area contributed by atoms with Crippen molar-refractivity contribution in [1.29, 1.82) is 0 Å². The number of hydrogen-bond acceptors (Lipinski definition) is 4. The number of piperidine rings is 1. The number of hydrogen-bond donors (Lipinski definition) is 3. The zero-order valence-corrected chi connectivity index (χ0v) is 15.9. The molecule has 150 valence electrons. The zero-order chi connectivity index (χ0) is 20.2. The third kappa shape index (κ3) is 10.5. The first-order valence-electron chi connectivity index (χ1n) is 9.11. The highest BCUT2D eigenvalue weighted by atomic mass is 19.1. The van der Waals surface area contributed by atoms with Crippen molar-refractivity contribution in [2.45, 2.75) is 39.3 Å². The number of carboxylic acid groups (broad SMARTS) is 2. The van der Waals surface area contributed by atoms with Gasteiger partial charge < -0.3 is 15.5 Å². The second kappa shape index (κ2) is 12.2. The van der Waals surface area contributed by atoms with Gasteiger partial charge in [-0.25, -0.2) is 14.0 Å². The predicted octanol–water partition coefficient (Wildman–Crippen LogP) is 2.75. The van der Waals surface area contributed by atoms with Gasteiger partial charge in [-0.15, -0.1) is 0 Å². The lowest BCUT2D eigenvalue weighted by molar-refractivity contribution is -0.134. The molecule has 1 aromatic carbocycles. The average Bonchev–Trinajstić information content (AvgIpc) is 2.60. The predicted molar refractivity (Wildman–Crippen MR) is 102 cm³/mol. The van der Waals surface area contributed by atoms with Crippen molar-refractivity contribution < 1.29 is 24.2 Å². The van der Waals surface area contributed by atoms with Crippen molar-refractivity contribution in [2.24, 2.45) is 5.92 Å². The summed E-state index contributed by atoms with van der Waals surface area (Å²) in [6.45, 7) is 8.64. The number of rotatable bonds is 7. The number of carboxylic acids is 2. The molecular formula is C20H29FN2O4. The standard InChI is InChI=1S/C16H25FN2.C4H4O4/c1-13(2)11-19(16-6-8-18-9-7-16)12-14-4-3-5-15(17)10-14;5-3(6)1-2-4(7)8/h3-5,10,13,16,18H,6-9,11-12H2,1-2H3;1-2H,(H,5,6)(H,7,8)/b;2-1+. The molecule has 1 aromatic rings. The van der Waals surface area contributed by atoms with E-state index in [9.17, 15) is 14.0 Å². The van der Waals surface area contributed by atoms with Gasteiger partial charge in [-0.2, -0.15) is 0 Å². The molecule has 0 amide bonds. The molecule has 1 heterocycles. The number of nitrogens with one attached hydrogen (secondary N) is 1. The summed E-state index contributed by atoms with van der Waals surface area (Å²) in [5.41, 5.74) is 1.08. The molecule has 2 rings (SSSR count). The van der Waals surface area contributed by atoms with Crippen LogP contribution in [0.1, 0.15) is 32.3 Å². The Balaban J connectivity index is 0.000000387. The van der Waals surface area contributed by atoms with Crippen molar-refractivity contribution in [1.82, 2.24) is 10.2 Å². The third-order valence-corrected chi connectivity index (χ3v) is 4.07. The van der Waals surface area contributed by atoms with Gasteiger partial charge in [-0.1, -0.05) is 26.0 Å². The van der Waals surface area contributed by atoms with Gasteiger partial charge in [0.15, 0.2) is 0 Å². The van der Waals surface area contributed by atoms with Crippen molar-refractivity contribution in [2.75, 3.05) is 19.6 Å². The summed E-state index contributed by atoms with van der Waals surface area (Å²) in [5, 5.41) is 19.0. The van der Waals surface area contributed by atoms with Crippen LogP contribution in [0.3, 0.4) is 0 Å². The van der Waals surface area contributed by atoms with Crippen LogP contribution in [-0.2, 0) is 16.1 Å². The first-order chi connectivity index (χ1) is 12.8. The van der Waals surface area contributed by atoms with Crippen molar-refractivity contribution in [3.8, 4) is 0 Å². The molecule has 0 spiro atoms. The Kier molecular flexibility index (Phi) is 10.3. The maximum Gasteiger partial charge on any atom is 0.328 e. The van der Waals surface area contributed by atoms with Crippen LogP contribution in [-0.4, -0.2) is 52.7 Å². The lowest BCUT2D eigenvalue weighted by atomic mass is 10.0. The minimum atomic E-state index is -1.26. The number of benzene rings is 1. The molecule has 3 N–H and O–H groups in total. The van der Waals surface area contributed by atoms with Gasteiger partial charge in [0.2, 0.25) is 0 Å². The van der Waals surface area contributed by atoms with Crippen molar-refractivity contribution in [3.63, 3.8) is 0 Å². The van der Waals surface area contributed by atoms with Gasteiger partial charge in [-0.3, -0.25) is 4.90 Å². The second-order valence-electron chi connectivity index (χ2n) is 6.94. The molecule has 1 saturated heterocycles. The van der Waals surface area contributed by atoms with E-state index < -0.39 is 11.9 Å². The number of nitrogens with zero attached hydrogens (tertiary/aromatic N) is 1. The topological polar surface area (TPSA) is 89.9 Å². The van der Waals surface area contributed by atoms with Crippen LogP contribution in [0.5, 0.6) is 0 Å². The lowest BCUT2D eigenvalue weighted by Gasteiger charge is -2.35. The lowest BCUT2D eigenvalue weighted by Crippen LogP contribution is -2.44. The fraction of sp³-hybridized carbons (Fsp3) is 0.500. The summed E-state index contributed by atoms with van der Waals surface area (Å²) in [6, 6.07) is 7.64. The first kappa shape index (κ1) is 22.8. The van der Waals surface area contributed by atoms with Crippen LogP contribution in [0.2, 0.25) is 0 Å². The quantitative estimate of drug-likeness (QED) is 0.630. The van der Waals surface area contributed by atoms with E-state index in [1.165, 1.54) is 18.9 Å². The van der Waals surface area contributed by atoms with Gasteiger partial charge in [0, 0.05) is 31.3 Å². The Morgan fingerprint density at radius 1 is 1.22 bits per heavy atom. The Bertz CT molecular complexity index is 612. The summed E-state index contributed by atoms with van der Waals surface area (Å²) in [7, 11) is 0. The minimum Gasteiger partial charge on any atom is -0.478 e. The summed E-state index contributed by atoms with van der Waals surface area (Å²) < 4.78 is 13.3. The zero-order valence-electron chi connectivity index (χ0n) is 15.9. The molecule has 0 unspecified atom stereocenters. The molecule has 1 aliphatic heterocycles. The molecule has 1 fully saturated rings. The Labute approximate surface area is 159 Å². The molecular weight excluding hydrogens is 351 g/mol. The number of carbonyl (C=O) groups is 2. The molecule has 6 nitrogen and oxygen atoms in total. The van der Waals surface area contributed by atoms with E-state index in [-0.39, 0.29) is 5.82 Å². The summed E-state index contributed by atoms with van der Waals surface area (Å²) in [4.78, 5) is 21.6. The molecule has 1 aliphatic rings. The molecule has 0 radical (unpaired) electrons. The first-order valence-corrected chi connectivity index (χ1v) is 9.11. The van der Waals surface area contributed by atoms with E-state index in [0.29, 0.717) is 24.1 Å². The van der Waals surface area contributed by atoms with Crippen molar-refractivity contribution >= 4 is 11.9 Å². The van der Waals surface area contributed by atoms with Gasteiger partial charge in [0.1, 0.15) is 5.82 Å². The van der Waals surface area contributed by atoms with Crippen LogP contribution in [0.15, 0.2) is 36.4 Å². The molecule has 0 bridgehead atoms. The summed E-state index contributed by atoms with van der Waals surface area (Å²) >= 11 is 0. The van der Waals surface area contributed by atoms with Crippen LogP contribution >= 0.6 is 0 Å². The van der Waals surface area contributed by atoms with Gasteiger partial charge in [0.05, 0.1) is 0 Å².